The Bertz CT molecular complexity index is 548. The zero-order valence-corrected chi connectivity index (χ0v) is 12.0. The van der Waals surface area contributed by atoms with Crippen molar-refractivity contribution in [3.8, 4) is 0 Å². The number of carbonyl (C=O) groups is 3. The van der Waals surface area contributed by atoms with E-state index in [4.69, 9.17) is 16.6 Å². The van der Waals surface area contributed by atoms with Gasteiger partial charge in [-0.25, -0.2) is 4.79 Å². The first-order valence-corrected chi connectivity index (χ1v) is 6.47. The molecule has 20 heavy (non-hydrogen) atoms. The lowest BCUT2D eigenvalue weighted by Crippen LogP contribution is -2.41. The predicted molar refractivity (Wildman–Crippen MR) is 75.9 cm³/mol. The highest BCUT2D eigenvalue weighted by atomic mass is 79.9. The maximum Gasteiger partial charge on any atom is 0.326 e. The number of rotatable bonds is 6. The quantitative estimate of drug-likeness (QED) is 0.557. The minimum absolute atomic E-state index is 0.0629. The molecular weight excluding hydrogens is 330 g/mol. The molecule has 0 saturated heterocycles. The average Bonchev–Trinajstić information content (AvgIpc) is 2.36. The van der Waals surface area contributed by atoms with E-state index in [1.807, 2.05) is 0 Å². The topological polar surface area (TPSA) is 136 Å². The van der Waals surface area contributed by atoms with Gasteiger partial charge in [0, 0.05) is 22.1 Å². The lowest BCUT2D eigenvalue weighted by Gasteiger charge is -2.14. The third kappa shape index (κ3) is 4.54. The number of nitrogen functional groups attached to an aromatic ring is 1. The number of primary amides is 1. The maximum atomic E-state index is 11.9. The van der Waals surface area contributed by atoms with Gasteiger partial charge < -0.3 is 21.9 Å². The smallest absolute Gasteiger partial charge is 0.326 e. The molecule has 0 spiro atoms. The van der Waals surface area contributed by atoms with Crippen LogP contribution < -0.4 is 16.8 Å². The van der Waals surface area contributed by atoms with Crippen LogP contribution in [0.15, 0.2) is 22.7 Å². The minimum atomic E-state index is -1.23. The Kier molecular flexibility index (Phi) is 5.51. The van der Waals surface area contributed by atoms with Crippen molar-refractivity contribution in [1.82, 2.24) is 5.32 Å². The lowest BCUT2D eigenvalue weighted by atomic mass is 10.1. The highest BCUT2D eigenvalue weighted by molar-refractivity contribution is 9.10. The van der Waals surface area contributed by atoms with Crippen LogP contribution in [0.2, 0.25) is 0 Å². The lowest BCUT2D eigenvalue weighted by molar-refractivity contribution is -0.139. The molecule has 1 rings (SSSR count). The maximum absolute atomic E-state index is 11.9. The third-order valence-electron chi connectivity index (χ3n) is 2.55. The van der Waals surface area contributed by atoms with Gasteiger partial charge in [-0.3, -0.25) is 9.59 Å². The number of carboxylic acid groups (broad SMARTS) is 1. The van der Waals surface area contributed by atoms with Gasteiger partial charge in [0.25, 0.3) is 5.91 Å². The van der Waals surface area contributed by atoms with E-state index in [1.54, 1.807) is 0 Å². The summed E-state index contributed by atoms with van der Waals surface area (Å²) >= 11 is 3.18. The number of anilines is 1. The Morgan fingerprint density at radius 3 is 2.50 bits per heavy atom. The second kappa shape index (κ2) is 6.90. The molecule has 108 valence electrons. The van der Waals surface area contributed by atoms with E-state index >= 15 is 0 Å². The van der Waals surface area contributed by atoms with Crippen LogP contribution in [-0.2, 0) is 9.59 Å². The molecule has 0 aliphatic carbocycles. The van der Waals surface area contributed by atoms with E-state index in [9.17, 15) is 14.4 Å². The molecule has 6 N–H and O–H groups in total. The van der Waals surface area contributed by atoms with E-state index in [0.717, 1.165) is 0 Å². The monoisotopic (exact) mass is 343 g/mol. The Morgan fingerprint density at radius 2 is 2.00 bits per heavy atom. The molecule has 7 nitrogen and oxygen atoms in total. The summed E-state index contributed by atoms with van der Waals surface area (Å²) in [5.74, 6) is -2.42. The molecule has 0 heterocycles. The fourth-order valence-corrected chi connectivity index (χ4v) is 1.83. The SMILES string of the molecule is NC(=O)CC[C@H](NC(=O)c1ccc(N)c(Br)c1)C(=O)O. The largest absolute Gasteiger partial charge is 0.480 e. The van der Waals surface area contributed by atoms with Gasteiger partial charge in [-0.1, -0.05) is 0 Å². The van der Waals surface area contributed by atoms with Crippen molar-refractivity contribution in [3.63, 3.8) is 0 Å². The van der Waals surface area contributed by atoms with Crippen LogP contribution in [0.4, 0.5) is 5.69 Å². The van der Waals surface area contributed by atoms with Crippen LogP contribution in [0.25, 0.3) is 0 Å². The summed E-state index contributed by atoms with van der Waals surface area (Å²) in [7, 11) is 0. The van der Waals surface area contributed by atoms with Gasteiger partial charge in [-0.05, 0) is 40.5 Å². The molecule has 1 aromatic rings. The van der Waals surface area contributed by atoms with E-state index in [1.165, 1.54) is 18.2 Å². The fraction of sp³-hybridized carbons (Fsp3) is 0.250. The molecule has 0 fully saturated rings. The normalized spacial score (nSPS) is 11.7. The van der Waals surface area contributed by atoms with Crippen molar-refractivity contribution in [2.24, 2.45) is 5.73 Å². The fourth-order valence-electron chi connectivity index (χ4n) is 1.45. The number of hydrogen-bond acceptors (Lipinski definition) is 4. The highest BCUT2D eigenvalue weighted by Gasteiger charge is 2.21. The molecule has 0 unspecified atom stereocenters. The van der Waals surface area contributed by atoms with E-state index in [2.05, 4.69) is 21.2 Å². The second-order valence-electron chi connectivity index (χ2n) is 4.11. The van der Waals surface area contributed by atoms with Gasteiger partial charge in [0.15, 0.2) is 0 Å². The van der Waals surface area contributed by atoms with Gasteiger partial charge >= 0.3 is 5.97 Å². The number of nitrogens with one attached hydrogen (secondary N) is 1. The van der Waals surface area contributed by atoms with Crippen LogP contribution in [0.1, 0.15) is 23.2 Å². The van der Waals surface area contributed by atoms with Crippen molar-refractivity contribution in [2.75, 3.05) is 5.73 Å². The summed E-state index contributed by atoms with van der Waals surface area (Å²) in [5, 5.41) is 11.3. The van der Waals surface area contributed by atoms with Crippen LogP contribution in [0, 0.1) is 0 Å². The Labute approximate surface area is 123 Å². The van der Waals surface area contributed by atoms with Gasteiger partial charge in [-0.15, -0.1) is 0 Å². The van der Waals surface area contributed by atoms with Gasteiger partial charge in [0.1, 0.15) is 6.04 Å². The van der Waals surface area contributed by atoms with E-state index in [0.29, 0.717) is 10.2 Å². The summed E-state index contributed by atoms with van der Waals surface area (Å²) in [6, 6.07) is 3.31. The number of nitrogens with two attached hydrogens (primary N) is 2. The predicted octanol–water partition coefficient (Wildman–Crippen LogP) is 0.480. The standard InChI is InChI=1S/C12H14BrN3O4/c13-7-5-6(1-2-8(7)14)11(18)16-9(12(19)20)3-4-10(15)17/h1-2,5,9H,3-4,14H2,(H2,15,17)(H,16,18)(H,19,20)/t9-/m0/s1. The number of amides is 2. The number of hydrogen-bond donors (Lipinski definition) is 4. The van der Waals surface area contributed by atoms with Gasteiger partial charge in [0.2, 0.25) is 5.91 Å². The van der Waals surface area contributed by atoms with E-state index in [-0.39, 0.29) is 18.4 Å². The van der Waals surface area contributed by atoms with Crippen LogP contribution in [0.5, 0.6) is 0 Å². The summed E-state index contributed by atoms with van der Waals surface area (Å²) in [6.45, 7) is 0. The average molecular weight is 344 g/mol. The minimum Gasteiger partial charge on any atom is -0.480 e. The number of aliphatic carboxylic acids is 1. The molecular formula is C12H14BrN3O4. The Morgan fingerprint density at radius 1 is 1.35 bits per heavy atom. The number of halogens is 1. The van der Waals surface area contributed by atoms with Crippen molar-refractivity contribution >= 4 is 39.4 Å². The third-order valence-corrected chi connectivity index (χ3v) is 3.23. The molecule has 0 radical (unpaired) electrons. The van der Waals surface area contributed by atoms with Crippen molar-refractivity contribution in [2.45, 2.75) is 18.9 Å². The summed E-state index contributed by atoms with van der Waals surface area (Å²) in [5.41, 5.74) is 11.3. The first kappa shape index (κ1) is 16.0. The first-order chi connectivity index (χ1) is 9.31. The molecule has 0 bridgehead atoms. The molecule has 1 atom stereocenters. The molecule has 2 amide bonds. The molecule has 0 aliphatic rings. The number of carbonyl (C=O) groups excluding carboxylic acids is 2. The molecule has 1 aromatic carbocycles. The highest BCUT2D eigenvalue weighted by Crippen LogP contribution is 2.20. The zero-order chi connectivity index (χ0) is 15.3. The van der Waals surface area contributed by atoms with Crippen LogP contribution in [-0.4, -0.2) is 28.9 Å². The van der Waals surface area contributed by atoms with Gasteiger partial charge in [0.05, 0.1) is 0 Å². The Hall–Kier alpha value is -2.09. The first-order valence-electron chi connectivity index (χ1n) is 5.68. The summed E-state index contributed by atoms with van der Waals surface area (Å²) in [4.78, 5) is 33.6. The van der Waals surface area contributed by atoms with Crippen LogP contribution in [0.3, 0.4) is 0 Å². The van der Waals surface area contributed by atoms with Crippen molar-refractivity contribution in [3.05, 3.63) is 28.2 Å². The second-order valence-corrected chi connectivity index (χ2v) is 4.96. The number of carboxylic acids is 1. The van der Waals surface area contributed by atoms with Crippen molar-refractivity contribution < 1.29 is 19.5 Å². The Balaban J connectivity index is 2.77. The molecule has 8 heteroatoms. The molecule has 0 aromatic heterocycles. The van der Waals surface area contributed by atoms with Crippen LogP contribution >= 0.6 is 15.9 Å². The van der Waals surface area contributed by atoms with Crippen molar-refractivity contribution in [1.29, 1.82) is 0 Å². The zero-order valence-electron chi connectivity index (χ0n) is 10.4. The molecule has 0 aliphatic heterocycles. The van der Waals surface area contributed by atoms with Gasteiger partial charge in [-0.2, -0.15) is 0 Å². The molecule has 0 saturated carbocycles. The number of benzene rings is 1. The summed E-state index contributed by atoms with van der Waals surface area (Å²) < 4.78 is 0.536. The summed E-state index contributed by atoms with van der Waals surface area (Å²) in [6.07, 6.45) is -0.185. The van der Waals surface area contributed by atoms with E-state index < -0.39 is 23.8 Å².